The molecule has 16 unspecified atom stereocenters. The van der Waals surface area contributed by atoms with Crippen molar-refractivity contribution in [3.8, 4) is 11.5 Å². The average Bonchev–Trinajstić information content (AvgIpc) is 3.37. The highest BCUT2D eigenvalue weighted by Crippen LogP contribution is 2.35. The lowest BCUT2D eigenvalue weighted by atomic mass is 9.88. The highest BCUT2D eigenvalue weighted by molar-refractivity contribution is 5.87. The molecule has 3 aromatic carbocycles. The smallest absolute Gasteiger partial charge is 0.339 e. The third-order valence-electron chi connectivity index (χ3n) is 12.0. The first-order valence-corrected chi connectivity index (χ1v) is 23.1. The number of carbonyl (C=O) groups excluding carboxylic acids is 3. The maximum absolute atomic E-state index is 14.5. The molecule has 3 heterocycles. The summed E-state index contributed by atoms with van der Waals surface area (Å²) in [6.07, 6.45) is -23.0. The van der Waals surface area contributed by atoms with E-state index in [-0.39, 0.29) is 24.5 Å². The summed E-state index contributed by atoms with van der Waals surface area (Å²) >= 11 is 0. The summed E-state index contributed by atoms with van der Waals surface area (Å²) in [7, 11) is 0. The molecule has 6 rings (SSSR count). The van der Waals surface area contributed by atoms with Crippen molar-refractivity contribution in [3.63, 3.8) is 0 Å². The van der Waals surface area contributed by atoms with Crippen LogP contribution in [0.15, 0.2) is 84.9 Å². The first-order chi connectivity index (χ1) is 34.3. The average molecular weight is 1020 g/mol. The second-order valence-electron chi connectivity index (χ2n) is 17.9. The molecule has 0 aromatic heterocycles. The monoisotopic (exact) mass is 1020 g/mol. The highest BCUT2D eigenvalue weighted by atomic mass is 16.7. The topological polar surface area (TPSA) is 357 Å². The molecule has 0 amide bonds. The summed E-state index contributed by atoms with van der Waals surface area (Å²) in [5.74, 6) is -3.18. The molecule has 0 radical (unpaired) electrons. The van der Waals surface area contributed by atoms with Gasteiger partial charge in [0.2, 0.25) is 12.6 Å². The lowest BCUT2D eigenvalue weighted by Gasteiger charge is -2.43. The van der Waals surface area contributed by atoms with Crippen molar-refractivity contribution in [3.05, 3.63) is 102 Å². The second-order valence-corrected chi connectivity index (χ2v) is 17.9. The van der Waals surface area contributed by atoms with Crippen LogP contribution in [0.5, 0.6) is 11.5 Å². The van der Waals surface area contributed by atoms with Gasteiger partial charge in [0.1, 0.15) is 105 Å². The van der Waals surface area contributed by atoms with E-state index < -0.39 is 154 Å². The Labute approximate surface area is 412 Å². The van der Waals surface area contributed by atoms with Gasteiger partial charge in [-0.3, -0.25) is 4.79 Å². The highest BCUT2D eigenvalue weighted by Gasteiger charge is 2.53. The molecule has 3 aliphatic heterocycles. The third-order valence-corrected chi connectivity index (χ3v) is 12.0. The molecule has 3 aliphatic rings. The van der Waals surface area contributed by atoms with E-state index in [9.17, 15) is 70.6 Å². The van der Waals surface area contributed by atoms with Crippen LogP contribution in [0.1, 0.15) is 43.4 Å². The molecule has 23 heteroatoms. The van der Waals surface area contributed by atoms with Crippen LogP contribution in [0.4, 0.5) is 0 Å². The van der Waals surface area contributed by atoms with Crippen molar-refractivity contribution in [2.24, 2.45) is 5.92 Å². The number of aliphatic hydroxyl groups excluding tert-OH is 11. The predicted octanol–water partition coefficient (Wildman–Crippen LogP) is -1.91. The zero-order valence-corrected chi connectivity index (χ0v) is 39.2. The molecule has 3 fully saturated rings. The van der Waals surface area contributed by atoms with Crippen molar-refractivity contribution < 1.29 is 113 Å². The number of rotatable bonds is 21. The fourth-order valence-corrected chi connectivity index (χ4v) is 7.99. The first-order valence-electron chi connectivity index (χ1n) is 23.1. The van der Waals surface area contributed by atoms with Gasteiger partial charge in [0.15, 0.2) is 11.9 Å². The van der Waals surface area contributed by atoms with E-state index in [0.29, 0.717) is 16.7 Å². The second kappa shape index (κ2) is 25.7. The van der Waals surface area contributed by atoms with Gasteiger partial charge in [-0.1, -0.05) is 68.4 Å². The van der Waals surface area contributed by atoms with E-state index in [0.717, 1.165) is 6.08 Å². The summed E-state index contributed by atoms with van der Waals surface area (Å²) in [6.45, 7) is 0.596. The van der Waals surface area contributed by atoms with Gasteiger partial charge in [0, 0.05) is 6.08 Å². The van der Waals surface area contributed by atoms with Crippen LogP contribution in [-0.2, 0) is 60.8 Å². The number of ether oxygens (including phenoxy) is 9. The third kappa shape index (κ3) is 14.3. The molecule has 11 N–H and O–H groups in total. The first kappa shape index (κ1) is 56.1. The van der Waals surface area contributed by atoms with Gasteiger partial charge in [-0.2, -0.15) is 0 Å². The summed E-state index contributed by atoms with van der Waals surface area (Å²) < 4.78 is 50.7. The SMILES string of the molecule is CC(C)CC(CC(=O)OCc1ccc(OC2OC(CO)C(O)C(O)C2O)cc1)(OC1OC(COC(=O)C=Cc2ccccc2)C(O)C(O)C1O)C(=O)OCc1ccc(OC2OC(CO)C(O)C(O)C2O)cc1. The minimum atomic E-state index is -2.33. The molecule has 16 atom stereocenters. The van der Waals surface area contributed by atoms with E-state index in [1.54, 1.807) is 44.2 Å². The zero-order chi connectivity index (χ0) is 52.3. The lowest BCUT2D eigenvalue weighted by molar-refractivity contribution is -0.327. The van der Waals surface area contributed by atoms with Gasteiger partial charge in [0.05, 0.1) is 19.6 Å². The van der Waals surface area contributed by atoms with Crippen LogP contribution in [0.2, 0.25) is 0 Å². The van der Waals surface area contributed by atoms with Crippen LogP contribution < -0.4 is 9.47 Å². The number of aliphatic hydroxyl groups is 11. The van der Waals surface area contributed by atoms with E-state index in [4.69, 9.17) is 42.6 Å². The fourth-order valence-electron chi connectivity index (χ4n) is 7.99. The summed E-state index contributed by atoms with van der Waals surface area (Å²) in [5, 5.41) is 113. The van der Waals surface area contributed by atoms with Crippen molar-refractivity contribution in [1.82, 2.24) is 0 Å². The molecule has 396 valence electrons. The molecule has 72 heavy (non-hydrogen) atoms. The van der Waals surface area contributed by atoms with E-state index in [1.165, 1.54) is 54.6 Å². The van der Waals surface area contributed by atoms with Gasteiger partial charge in [-0.05, 0) is 59.4 Å². The molecule has 3 saturated heterocycles. The lowest BCUT2D eigenvalue weighted by Crippen LogP contribution is -2.62. The Kier molecular flexibility index (Phi) is 20.0. The Balaban J connectivity index is 1.17. The van der Waals surface area contributed by atoms with Crippen LogP contribution in [0, 0.1) is 5.92 Å². The van der Waals surface area contributed by atoms with Crippen molar-refractivity contribution in [1.29, 1.82) is 0 Å². The molecule has 0 saturated carbocycles. The van der Waals surface area contributed by atoms with E-state index >= 15 is 0 Å². The maximum atomic E-state index is 14.5. The van der Waals surface area contributed by atoms with Gasteiger partial charge in [-0.25, -0.2) is 9.59 Å². The number of carbonyl (C=O) groups is 3. The van der Waals surface area contributed by atoms with Crippen molar-refractivity contribution in [2.75, 3.05) is 19.8 Å². The normalized spacial score (nSPS) is 31.6. The van der Waals surface area contributed by atoms with Crippen molar-refractivity contribution in [2.45, 2.75) is 138 Å². The molecule has 0 spiro atoms. The van der Waals surface area contributed by atoms with Crippen LogP contribution in [0.3, 0.4) is 0 Å². The molecule has 3 aromatic rings. The molecule has 0 bridgehead atoms. The number of hydrogen-bond donors (Lipinski definition) is 11. The standard InChI is InChI=1S/C49H62O23/c1-25(2)18-49(48(63)66-23-28-10-15-30(16-11-28)68-46-43(61)40(58)37(55)32(21-51)70-46,72-47-44(62)41(59)38(56)33(71-47)24-65-34(52)17-12-26-6-4-3-5-7-26)19-35(53)64-22-27-8-13-29(14-9-27)67-45-42(60)39(57)36(54)31(20-50)69-45/h3-17,25,31-33,36-47,50-51,54-62H,18-24H2,1-2H3. The van der Waals surface area contributed by atoms with Gasteiger partial charge < -0.3 is 98.8 Å². The summed E-state index contributed by atoms with van der Waals surface area (Å²) in [4.78, 5) is 40.9. The van der Waals surface area contributed by atoms with Gasteiger partial charge >= 0.3 is 17.9 Å². The number of esters is 3. The van der Waals surface area contributed by atoms with Gasteiger partial charge in [0.25, 0.3) is 0 Å². The minimum Gasteiger partial charge on any atom is -0.462 e. The minimum absolute atomic E-state index is 0.113. The number of benzene rings is 3. The summed E-state index contributed by atoms with van der Waals surface area (Å²) in [5.41, 5.74) is -0.869. The quantitative estimate of drug-likeness (QED) is 0.0315. The fraction of sp³-hybridized carbons (Fsp3) is 0.531. The Morgan fingerprint density at radius 1 is 0.569 bits per heavy atom. The maximum Gasteiger partial charge on any atom is 0.339 e. The van der Waals surface area contributed by atoms with Crippen LogP contribution in [0.25, 0.3) is 6.08 Å². The Morgan fingerprint density at radius 3 is 1.51 bits per heavy atom. The molecule has 0 aliphatic carbocycles. The van der Waals surface area contributed by atoms with E-state index in [2.05, 4.69) is 0 Å². The van der Waals surface area contributed by atoms with Crippen molar-refractivity contribution >= 4 is 24.0 Å². The molecular weight excluding hydrogens is 957 g/mol. The largest absolute Gasteiger partial charge is 0.462 e. The van der Waals surface area contributed by atoms with Crippen LogP contribution >= 0.6 is 0 Å². The van der Waals surface area contributed by atoms with E-state index in [1.807, 2.05) is 0 Å². The Hall–Kier alpha value is -5.19. The Morgan fingerprint density at radius 2 is 1.03 bits per heavy atom. The Bertz CT molecular complexity index is 2210. The van der Waals surface area contributed by atoms with Crippen LogP contribution in [-0.4, -0.2) is 192 Å². The number of hydrogen-bond acceptors (Lipinski definition) is 23. The zero-order valence-electron chi connectivity index (χ0n) is 39.2. The predicted molar refractivity (Wildman–Crippen MR) is 242 cm³/mol. The summed E-state index contributed by atoms with van der Waals surface area (Å²) in [6, 6.07) is 20.4. The molecule has 23 nitrogen and oxygen atoms in total. The van der Waals surface area contributed by atoms with Gasteiger partial charge in [-0.15, -0.1) is 0 Å². The molecular formula is C49H62O23.